The molecule has 0 radical (unpaired) electrons. The van der Waals surface area contributed by atoms with Crippen LogP contribution in [-0.4, -0.2) is 32.7 Å². The molecular weight excluding hydrogens is 229 g/mol. The fraction of sp³-hybridized carbons (Fsp3) is 0.333. The number of aliphatic hydroxyl groups excluding tert-OH is 1. The molecule has 16 heavy (non-hydrogen) atoms. The topological polar surface area (TPSA) is 80.9 Å². The summed E-state index contributed by atoms with van der Waals surface area (Å²) in [5.74, 6) is -2.43. The lowest BCUT2D eigenvalue weighted by Crippen LogP contribution is -2.30. The van der Waals surface area contributed by atoms with Crippen molar-refractivity contribution in [3.8, 4) is 17.2 Å². The van der Waals surface area contributed by atoms with Crippen LogP contribution in [0.4, 0.5) is 13.2 Å². The van der Waals surface area contributed by atoms with Gasteiger partial charge in [-0.05, 0) is 6.07 Å². The van der Waals surface area contributed by atoms with E-state index in [0.717, 1.165) is 12.1 Å². The number of phenolic OH excluding ortho intramolecular Hbond substituents is 3. The maximum absolute atomic E-state index is 12.0. The minimum atomic E-state index is -4.81. The van der Waals surface area contributed by atoms with E-state index in [-0.39, 0.29) is 5.56 Å². The number of halogens is 3. The SMILES string of the molecule is Oc1ccc(CC(O)C(F)(F)F)c(O)c1O. The third-order valence-electron chi connectivity index (χ3n) is 2.00. The van der Waals surface area contributed by atoms with Gasteiger partial charge in [0.25, 0.3) is 0 Å². The summed E-state index contributed by atoms with van der Waals surface area (Å²) in [4.78, 5) is 0. The van der Waals surface area contributed by atoms with Crippen LogP contribution in [0.3, 0.4) is 0 Å². The van der Waals surface area contributed by atoms with Crippen LogP contribution in [0.1, 0.15) is 5.56 Å². The highest BCUT2D eigenvalue weighted by molar-refractivity contribution is 5.53. The molecule has 1 aromatic rings. The van der Waals surface area contributed by atoms with Crippen molar-refractivity contribution in [2.45, 2.75) is 18.7 Å². The van der Waals surface area contributed by atoms with Crippen LogP contribution in [0.15, 0.2) is 12.1 Å². The molecule has 0 amide bonds. The fourth-order valence-electron chi connectivity index (χ4n) is 1.10. The van der Waals surface area contributed by atoms with Gasteiger partial charge < -0.3 is 20.4 Å². The number of aliphatic hydroxyl groups is 1. The molecule has 0 spiro atoms. The zero-order valence-electron chi connectivity index (χ0n) is 7.86. The van der Waals surface area contributed by atoms with Crippen molar-refractivity contribution in [2.24, 2.45) is 0 Å². The summed E-state index contributed by atoms with van der Waals surface area (Å²) in [5.41, 5.74) is -0.305. The highest BCUT2D eigenvalue weighted by Crippen LogP contribution is 2.38. The number of alkyl halides is 3. The molecule has 1 unspecified atom stereocenters. The molecule has 0 aromatic heterocycles. The summed E-state index contributed by atoms with van der Waals surface area (Å²) < 4.78 is 36.0. The average Bonchev–Trinajstić information content (AvgIpc) is 2.17. The van der Waals surface area contributed by atoms with E-state index in [4.69, 9.17) is 15.3 Å². The molecule has 4 nitrogen and oxygen atoms in total. The van der Waals surface area contributed by atoms with E-state index in [2.05, 4.69) is 0 Å². The first-order valence-corrected chi connectivity index (χ1v) is 4.21. The van der Waals surface area contributed by atoms with Gasteiger partial charge in [-0.15, -0.1) is 0 Å². The highest BCUT2D eigenvalue weighted by atomic mass is 19.4. The first kappa shape index (κ1) is 12.4. The van der Waals surface area contributed by atoms with Crippen LogP contribution < -0.4 is 0 Å². The van der Waals surface area contributed by atoms with Crippen LogP contribution >= 0.6 is 0 Å². The second-order valence-electron chi connectivity index (χ2n) is 3.20. The van der Waals surface area contributed by atoms with E-state index in [0.29, 0.717) is 0 Å². The minimum absolute atomic E-state index is 0.305. The van der Waals surface area contributed by atoms with Gasteiger partial charge in [-0.25, -0.2) is 0 Å². The van der Waals surface area contributed by atoms with Gasteiger partial charge in [0.1, 0.15) is 0 Å². The Morgan fingerprint density at radius 3 is 2.12 bits per heavy atom. The lowest BCUT2D eigenvalue weighted by molar-refractivity contribution is -0.203. The van der Waals surface area contributed by atoms with Crippen LogP contribution in [0.5, 0.6) is 17.2 Å². The summed E-state index contributed by atoms with van der Waals surface area (Å²) in [5, 5.41) is 35.9. The van der Waals surface area contributed by atoms with E-state index >= 15 is 0 Å². The quantitative estimate of drug-likeness (QED) is 0.585. The fourth-order valence-corrected chi connectivity index (χ4v) is 1.10. The molecule has 0 saturated heterocycles. The second kappa shape index (κ2) is 4.09. The molecule has 0 aliphatic rings. The van der Waals surface area contributed by atoms with Gasteiger partial charge in [-0.2, -0.15) is 13.2 Å². The Bertz CT molecular complexity index is 389. The Kier molecular flexibility index (Phi) is 3.18. The first-order valence-electron chi connectivity index (χ1n) is 4.21. The Labute approximate surface area is 88.2 Å². The number of aromatic hydroxyl groups is 3. The average molecular weight is 238 g/mol. The number of hydrogen-bond acceptors (Lipinski definition) is 4. The Morgan fingerprint density at radius 1 is 1.06 bits per heavy atom. The molecule has 0 saturated carbocycles. The predicted octanol–water partition coefficient (Wildman–Crippen LogP) is 1.27. The Hall–Kier alpha value is -1.63. The van der Waals surface area contributed by atoms with Crippen molar-refractivity contribution < 1.29 is 33.6 Å². The molecule has 0 aliphatic carbocycles. The third-order valence-corrected chi connectivity index (χ3v) is 2.00. The lowest BCUT2D eigenvalue weighted by atomic mass is 10.1. The molecule has 7 heteroatoms. The van der Waals surface area contributed by atoms with E-state index in [1.807, 2.05) is 0 Å². The summed E-state index contributed by atoms with van der Waals surface area (Å²) >= 11 is 0. The molecular formula is C9H9F3O4. The van der Waals surface area contributed by atoms with Gasteiger partial charge in [0.05, 0.1) is 0 Å². The molecule has 0 heterocycles. The Balaban J connectivity index is 2.95. The summed E-state index contributed by atoms with van der Waals surface area (Å²) in [6.07, 6.45) is -8.34. The third kappa shape index (κ3) is 2.48. The van der Waals surface area contributed by atoms with Crippen LogP contribution in [-0.2, 0) is 6.42 Å². The van der Waals surface area contributed by atoms with Crippen LogP contribution in [0, 0.1) is 0 Å². The van der Waals surface area contributed by atoms with Gasteiger partial charge in [0.2, 0.25) is 5.75 Å². The zero-order chi connectivity index (χ0) is 12.5. The van der Waals surface area contributed by atoms with Crippen LogP contribution in [0.25, 0.3) is 0 Å². The van der Waals surface area contributed by atoms with Gasteiger partial charge in [-0.1, -0.05) is 6.07 Å². The van der Waals surface area contributed by atoms with Gasteiger partial charge >= 0.3 is 6.18 Å². The predicted molar refractivity (Wildman–Crippen MR) is 47.2 cm³/mol. The number of rotatable bonds is 2. The van der Waals surface area contributed by atoms with Crippen molar-refractivity contribution >= 4 is 0 Å². The molecule has 0 aliphatic heterocycles. The summed E-state index contributed by atoms with van der Waals surface area (Å²) in [6.45, 7) is 0. The molecule has 0 bridgehead atoms. The Morgan fingerprint density at radius 2 is 1.62 bits per heavy atom. The van der Waals surface area contributed by atoms with Crippen molar-refractivity contribution in [2.75, 3.05) is 0 Å². The monoisotopic (exact) mass is 238 g/mol. The molecule has 1 atom stereocenters. The van der Waals surface area contributed by atoms with Gasteiger partial charge in [0, 0.05) is 12.0 Å². The molecule has 1 rings (SSSR count). The largest absolute Gasteiger partial charge is 0.504 e. The second-order valence-corrected chi connectivity index (χ2v) is 3.20. The number of phenols is 3. The maximum atomic E-state index is 12.0. The van der Waals surface area contributed by atoms with Crippen molar-refractivity contribution in [1.82, 2.24) is 0 Å². The van der Waals surface area contributed by atoms with E-state index in [1.165, 1.54) is 0 Å². The summed E-state index contributed by atoms with van der Waals surface area (Å²) in [6, 6.07) is 1.91. The van der Waals surface area contributed by atoms with E-state index in [9.17, 15) is 18.3 Å². The molecule has 90 valence electrons. The van der Waals surface area contributed by atoms with E-state index in [1.54, 1.807) is 0 Å². The molecule has 4 N–H and O–H groups in total. The van der Waals surface area contributed by atoms with Crippen molar-refractivity contribution in [3.05, 3.63) is 17.7 Å². The first-order chi connectivity index (χ1) is 7.23. The van der Waals surface area contributed by atoms with E-state index < -0.39 is 35.9 Å². The zero-order valence-corrected chi connectivity index (χ0v) is 7.86. The number of hydrogen-bond donors (Lipinski definition) is 4. The van der Waals surface area contributed by atoms with Crippen molar-refractivity contribution in [3.63, 3.8) is 0 Å². The standard InChI is InChI=1S/C9H9F3O4/c10-9(11,12)6(14)3-4-1-2-5(13)8(16)7(4)15/h1-2,6,13-16H,3H2. The van der Waals surface area contributed by atoms with Gasteiger partial charge in [0.15, 0.2) is 17.6 Å². The lowest BCUT2D eigenvalue weighted by Gasteiger charge is -2.15. The summed E-state index contributed by atoms with van der Waals surface area (Å²) in [7, 11) is 0. The molecule has 1 aromatic carbocycles. The van der Waals surface area contributed by atoms with Gasteiger partial charge in [-0.3, -0.25) is 0 Å². The maximum Gasteiger partial charge on any atom is 0.414 e. The normalized spacial score (nSPS) is 13.8. The van der Waals surface area contributed by atoms with Crippen LogP contribution in [0.2, 0.25) is 0 Å². The molecule has 0 fully saturated rings. The highest BCUT2D eigenvalue weighted by Gasteiger charge is 2.38. The smallest absolute Gasteiger partial charge is 0.414 e. The number of benzene rings is 1. The van der Waals surface area contributed by atoms with Crippen molar-refractivity contribution in [1.29, 1.82) is 0 Å². The minimum Gasteiger partial charge on any atom is -0.504 e.